The zero-order chi connectivity index (χ0) is 12.8. The fraction of sp³-hybridized carbons (Fsp3) is 0.500. The second kappa shape index (κ2) is 6.39. The quantitative estimate of drug-likeness (QED) is 0.820. The summed E-state index contributed by atoms with van der Waals surface area (Å²) in [4.78, 5) is 23.2. The van der Waals surface area contributed by atoms with Crippen LogP contribution in [0, 0.1) is 5.92 Å². The number of nitrogens with one attached hydrogen (secondary N) is 1. The van der Waals surface area contributed by atoms with E-state index in [1.165, 1.54) is 0 Å². The first-order chi connectivity index (χ1) is 7.99. The molecule has 0 bridgehead atoms. The summed E-state index contributed by atoms with van der Waals surface area (Å²) in [5.74, 6) is -1.10. The summed E-state index contributed by atoms with van der Waals surface area (Å²) in [6.07, 6.45) is 0.281. The van der Waals surface area contributed by atoms with Crippen LogP contribution in [-0.2, 0) is 9.59 Å². The molecule has 0 aliphatic carbocycles. The fourth-order valence-corrected chi connectivity index (χ4v) is 2.33. The molecular weight excluding hydrogens is 238 g/mol. The standard InChI is InChI=1S/C12H17NO3S/c1-8(7-12(15)16)6-11(14)13-9(2)10-4-3-5-17-10/h3-5,8-9H,6-7H2,1-2H3,(H,13,14)(H,15,16). The van der Waals surface area contributed by atoms with E-state index in [0.717, 1.165) is 4.88 Å². The molecule has 1 heterocycles. The minimum atomic E-state index is -0.864. The molecule has 0 saturated carbocycles. The summed E-state index contributed by atoms with van der Waals surface area (Å²) in [5.41, 5.74) is 0. The molecule has 1 amide bonds. The second-order valence-corrected chi connectivity index (χ2v) is 5.19. The Labute approximate surface area is 105 Å². The lowest BCUT2D eigenvalue weighted by atomic mass is 10.0. The predicted molar refractivity (Wildman–Crippen MR) is 66.9 cm³/mol. The fourth-order valence-electron chi connectivity index (χ4n) is 1.60. The van der Waals surface area contributed by atoms with Gasteiger partial charge >= 0.3 is 5.97 Å². The third-order valence-electron chi connectivity index (χ3n) is 2.40. The van der Waals surface area contributed by atoms with Gasteiger partial charge in [-0.3, -0.25) is 9.59 Å². The molecule has 4 nitrogen and oxygen atoms in total. The highest BCUT2D eigenvalue weighted by molar-refractivity contribution is 7.10. The molecule has 0 spiro atoms. The molecule has 0 fully saturated rings. The van der Waals surface area contributed by atoms with Crippen molar-refractivity contribution in [2.45, 2.75) is 32.7 Å². The minimum absolute atomic E-state index is 0.0143. The van der Waals surface area contributed by atoms with Crippen molar-refractivity contribution in [2.24, 2.45) is 5.92 Å². The number of carbonyl (C=O) groups is 2. The highest BCUT2D eigenvalue weighted by Crippen LogP contribution is 2.18. The Kier molecular flexibility index (Phi) is 5.15. The number of rotatable bonds is 6. The number of aliphatic carboxylic acids is 1. The average molecular weight is 255 g/mol. The van der Waals surface area contributed by atoms with Crippen LogP contribution in [0.3, 0.4) is 0 Å². The van der Waals surface area contributed by atoms with Crippen molar-refractivity contribution in [1.29, 1.82) is 0 Å². The zero-order valence-electron chi connectivity index (χ0n) is 9.97. The summed E-state index contributed by atoms with van der Waals surface area (Å²) < 4.78 is 0. The largest absolute Gasteiger partial charge is 0.481 e. The normalized spacial score (nSPS) is 14.0. The predicted octanol–water partition coefficient (Wildman–Crippen LogP) is 2.43. The first kappa shape index (κ1) is 13.7. The SMILES string of the molecule is CC(CC(=O)O)CC(=O)NC(C)c1cccs1. The van der Waals surface area contributed by atoms with E-state index in [1.54, 1.807) is 18.3 Å². The molecule has 2 atom stereocenters. The monoisotopic (exact) mass is 255 g/mol. The molecule has 94 valence electrons. The van der Waals surface area contributed by atoms with Gasteiger partial charge in [-0.2, -0.15) is 0 Å². The molecule has 0 saturated heterocycles. The first-order valence-corrected chi connectivity index (χ1v) is 6.41. The van der Waals surface area contributed by atoms with E-state index in [2.05, 4.69) is 5.32 Å². The smallest absolute Gasteiger partial charge is 0.303 e. The van der Waals surface area contributed by atoms with Crippen LogP contribution in [0.4, 0.5) is 0 Å². The van der Waals surface area contributed by atoms with Gasteiger partial charge in [-0.1, -0.05) is 13.0 Å². The number of hydrogen-bond donors (Lipinski definition) is 2. The van der Waals surface area contributed by atoms with Crippen LogP contribution >= 0.6 is 11.3 Å². The summed E-state index contributed by atoms with van der Waals surface area (Å²) in [5, 5.41) is 13.4. The van der Waals surface area contributed by atoms with E-state index in [-0.39, 0.29) is 30.7 Å². The number of thiophene rings is 1. The maximum absolute atomic E-state index is 11.6. The van der Waals surface area contributed by atoms with E-state index in [9.17, 15) is 9.59 Å². The molecule has 0 radical (unpaired) electrons. The Balaban J connectivity index is 2.37. The van der Waals surface area contributed by atoms with Crippen LogP contribution in [-0.4, -0.2) is 17.0 Å². The van der Waals surface area contributed by atoms with Crippen molar-refractivity contribution in [3.63, 3.8) is 0 Å². The van der Waals surface area contributed by atoms with Crippen molar-refractivity contribution < 1.29 is 14.7 Å². The van der Waals surface area contributed by atoms with E-state index < -0.39 is 5.97 Å². The maximum Gasteiger partial charge on any atom is 0.303 e. The zero-order valence-corrected chi connectivity index (χ0v) is 10.8. The van der Waals surface area contributed by atoms with E-state index >= 15 is 0 Å². The third-order valence-corrected chi connectivity index (χ3v) is 3.46. The summed E-state index contributed by atoms with van der Waals surface area (Å²) in [6.45, 7) is 3.69. The van der Waals surface area contributed by atoms with Gasteiger partial charge in [0.1, 0.15) is 0 Å². The first-order valence-electron chi connectivity index (χ1n) is 5.53. The Bertz CT molecular complexity index is 375. The van der Waals surface area contributed by atoms with Gasteiger partial charge in [-0.15, -0.1) is 11.3 Å². The van der Waals surface area contributed by atoms with E-state index in [4.69, 9.17) is 5.11 Å². The lowest BCUT2D eigenvalue weighted by Gasteiger charge is -2.14. The number of carboxylic acid groups (broad SMARTS) is 1. The maximum atomic E-state index is 11.6. The second-order valence-electron chi connectivity index (χ2n) is 4.21. The topological polar surface area (TPSA) is 66.4 Å². The molecule has 1 aromatic heterocycles. The van der Waals surface area contributed by atoms with Crippen molar-refractivity contribution in [3.05, 3.63) is 22.4 Å². The summed E-state index contributed by atoms with van der Waals surface area (Å²) in [7, 11) is 0. The molecular formula is C12H17NO3S. The van der Waals surface area contributed by atoms with Gasteiger partial charge in [-0.05, 0) is 24.3 Å². The highest BCUT2D eigenvalue weighted by atomic mass is 32.1. The molecule has 0 aromatic carbocycles. The van der Waals surface area contributed by atoms with Gasteiger partial charge in [0.2, 0.25) is 5.91 Å². The summed E-state index contributed by atoms with van der Waals surface area (Å²) in [6, 6.07) is 3.89. The third kappa shape index (κ3) is 4.99. The lowest BCUT2D eigenvalue weighted by molar-refractivity contribution is -0.138. The number of carbonyl (C=O) groups excluding carboxylic acids is 1. The molecule has 0 aliphatic rings. The Morgan fingerprint density at radius 2 is 2.12 bits per heavy atom. The molecule has 1 aromatic rings. The lowest BCUT2D eigenvalue weighted by Crippen LogP contribution is -2.27. The van der Waals surface area contributed by atoms with Crippen molar-refractivity contribution in [1.82, 2.24) is 5.32 Å². The van der Waals surface area contributed by atoms with E-state index in [1.807, 2.05) is 24.4 Å². The van der Waals surface area contributed by atoms with Gasteiger partial charge in [0, 0.05) is 17.7 Å². The van der Waals surface area contributed by atoms with Crippen molar-refractivity contribution >= 4 is 23.2 Å². The number of carboxylic acids is 1. The molecule has 5 heteroatoms. The molecule has 2 N–H and O–H groups in total. The van der Waals surface area contributed by atoms with Crippen molar-refractivity contribution in [2.75, 3.05) is 0 Å². The van der Waals surface area contributed by atoms with Crippen LogP contribution in [0.2, 0.25) is 0 Å². The Morgan fingerprint density at radius 1 is 1.41 bits per heavy atom. The van der Waals surface area contributed by atoms with Crippen LogP contribution < -0.4 is 5.32 Å². The summed E-state index contributed by atoms with van der Waals surface area (Å²) >= 11 is 1.59. The van der Waals surface area contributed by atoms with Gasteiger partial charge < -0.3 is 10.4 Å². The van der Waals surface area contributed by atoms with Gasteiger partial charge in [-0.25, -0.2) is 0 Å². The van der Waals surface area contributed by atoms with Gasteiger partial charge in [0.05, 0.1) is 6.04 Å². The van der Waals surface area contributed by atoms with Crippen LogP contribution in [0.5, 0.6) is 0 Å². The molecule has 0 aliphatic heterocycles. The minimum Gasteiger partial charge on any atom is -0.481 e. The number of hydrogen-bond acceptors (Lipinski definition) is 3. The Hall–Kier alpha value is -1.36. The van der Waals surface area contributed by atoms with E-state index in [0.29, 0.717) is 0 Å². The molecule has 2 unspecified atom stereocenters. The van der Waals surface area contributed by atoms with Crippen molar-refractivity contribution in [3.8, 4) is 0 Å². The van der Waals surface area contributed by atoms with Crippen LogP contribution in [0.25, 0.3) is 0 Å². The number of amides is 1. The Morgan fingerprint density at radius 3 is 2.65 bits per heavy atom. The molecule has 17 heavy (non-hydrogen) atoms. The van der Waals surface area contributed by atoms with Gasteiger partial charge in [0.15, 0.2) is 0 Å². The van der Waals surface area contributed by atoms with Crippen LogP contribution in [0.15, 0.2) is 17.5 Å². The van der Waals surface area contributed by atoms with Crippen LogP contribution in [0.1, 0.15) is 37.6 Å². The average Bonchev–Trinajstić information content (AvgIpc) is 2.67. The highest BCUT2D eigenvalue weighted by Gasteiger charge is 2.15. The molecule has 1 rings (SSSR count). The van der Waals surface area contributed by atoms with Gasteiger partial charge in [0.25, 0.3) is 0 Å².